The highest BCUT2D eigenvalue weighted by Gasteiger charge is 2.14. The molecule has 0 bridgehead atoms. The van der Waals surface area contributed by atoms with Gasteiger partial charge in [0.05, 0.1) is 6.04 Å². The summed E-state index contributed by atoms with van der Waals surface area (Å²) >= 11 is 0. The van der Waals surface area contributed by atoms with Gasteiger partial charge in [-0.3, -0.25) is 10.1 Å². The fraction of sp³-hybridized carbons (Fsp3) is 0.467. The molecule has 0 heterocycles. The highest BCUT2D eigenvalue weighted by Crippen LogP contribution is 2.17. The van der Waals surface area contributed by atoms with Crippen molar-refractivity contribution in [3.8, 4) is 0 Å². The number of imide groups is 1. The first-order valence-corrected chi connectivity index (χ1v) is 6.85. The Morgan fingerprint density at radius 3 is 2.40 bits per heavy atom. The minimum absolute atomic E-state index is 0.322. The van der Waals surface area contributed by atoms with Gasteiger partial charge < -0.3 is 10.6 Å². The minimum atomic E-state index is -0.485. The summed E-state index contributed by atoms with van der Waals surface area (Å²) in [6.07, 6.45) is 0.932. The molecule has 2 atom stereocenters. The molecule has 0 saturated heterocycles. The van der Waals surface area contributed by atoms with E-state index in [1.807, 2.05) is 18.2 Å². The van der Waals surface area contributed by atoms with Crippen LogP contribution in [0.4, 0.5) is 4.79 Å². The summed E-state index contributed by atoms with van der Waals surface area (Å²) in [6.45, 7) is 4.62. The summed E-state index contributed by atoms with van der Waals surface area (Å²) in [5.74, 6) is 0.106. The Hall–Kier alpha value is -1.88. The lowest BCUT2D eigenvalue weighted by Gasteiger charge is -2.16. The van der Waals surface area contributed by atoms with Crippen molar-refractivity contribution in [3.63, 3.8) is 0 Å². The van der Waals surface area contributed by atoms with Crippen LogP contribution >= 0.6 is 0 Å². The van der Waals surface area contributed by atoms with E-state index < -0.39 is 12.1 Å². The molecule has 1 aromatic rings. The molecule has 0 aromatic heterocycles. The molecule has 0 aliphatic carbocycles. The second-order valence-electron chi connectivity index (χ2n) is 4.84. The second-order valence-corrected chi connectivity index (χ2v) is 4.84. The number of urea groups is 1. The van der Waals surface area contributed by atoms with Crippen molar-refractivity contribution in [1.29, 1.82) is 0 Å². The maximum absolute atomic E-state index is 11.6. The Morgan fingerprint density at radius 1 is 1.15 bits per heavy atom. The van der Waals surface area contributed by atoms with E-state index in [0.29, 0.717) is 5.92 Å². The van der Waals surface area contributed by atoms with Crippen LogP contribution in [0.2, 0.25) is 0 Å². The predicted molar refractivity (Wildman–Crippen MR) is 79.5 cm³/mol. The Labute approximate surface area is 120 Å². The van der Waals surface area contributed by atoms with Crippen LogP contribution in [0.1, 0.15) is 31.7 Å². The monoisotopic (exact) mass is 277 g/mol. The van der Waals surface area contributed by atoms with Crippen LogP contribution in [-0.2, 0) is 4.79 Å². The van der Waals surface area contributed by atoms with Gasteiger partial charge in [-0.1, -0.05) is 37.3 Å². The van der Waals surface area contributed by atoms with Gasteiger partial charge in [-0.15, -0.1) is 0 Å². The maximum Gasteiger partial charge on any atom is 0.321 e. The van der Waals surface area contributed by atoms with Gasteiger partial charge in [-0.25, -0.2) is 4.79 Å². The summed E-state index contributed by atoms with van der Waals surface area (Å²) in [5.41, 5.74) is 1.29. The average Bonchev–Trinajstić information content (AvgIpc) is 2.47. The van der Waals surface area contributed by atoms with Gasteiger partial charge in [-0.2, -0.15) is 0 Å². The summed E-state index contributed by atoms with van der Waals surface area (Å²) in [6, 6.07) is 9.38. The first-order valence-electron chi connectivity index (χ1n) is 6.85. The van der Waals surface area contributed by atoms with Gasteiger partial charge in [0.2, 0.25) is 5.91 Å². The molecule has 0 spiro atoms. The summed E-state index contributed by atoms with van der Waals surface area (Å²) in [5, 5.41) is 7.72. The Bertz CT molecular complexity index is 434. The van der Waals surface area contributed by atoms with Crippen LogP contribution in [-0.4, -0.2) is 31.6 Å². The molecule has 2 unspecified atom stereocenters. The largest absolute Gasteiger partial charge is 0.341 e. The number of benzene rings is 1. The Morgan fingerprint density at radius 2 is 1.80 bits per heavy atom. The second kappa shape index (κ2) is 8.32. The van der Waals surface area contributed by atoms with E-state index in [9.17, 15) is 9.59 Å². The smallest absolute Gasteiger partial charge is 0.321 e. The summed E-state index contributed by atoms with van der Waals surface area (Å²) in [4.78, 5) is 22.6. The molecule has 5 heteroatoms. The van der Waals surface area contributed by atoms with E-state index in [4.69, 9.17) is 0 Å². The lowest BCUT2D eigenvalue weighted by atomic mass is 9.98. The number of amides is 3. The van der Waals surface area contributed by atoms with Crippen molar-refractivity contribution < 1.29 is 9.59 Å². The number of hydrogen-bond acceptors (Lipinski definition) is 3. The van der Waals surface area contributed by atoms with Gasteiger partial charge in [0, 0.05) is 7.05 Å². The van der Waals surface area contributed by atoms with Crippen molar-refractivity contribution in [2.45, 2.75) is 32.2 Å². The molecule has 3 amide bonds. The van der Waals surface area contributed by atoms with Gasteiger partial charge in [-0.05, 0) is 31.4 Å². The summed E-state index contributed by atoms with van der Waals surface area (Å²) < 4.78 is 0. The van der Waals surface area contributed by atoms with Crippen molar-refractivity contribution in [2.75, 3.05) is 13.6 Å². The molecule has 0 aliphatic rings. The molecule has 5 nitrogen and oxygen atoms in total. The highest BCUT2D eigenvalue weighted by molar-refractivity contribution is 5.96. The lowest BCUT2D eigenvalue weighted by Crippen LogP contribution is -2.47. The number of nitrogens with one attached hydrogen (secondary N) is 3. The SMILES string of the molecule is CNC(=O)NC(=O)C(C)NCCC(C)c1ccccc1. The molecule has 0 aliphatic heterocycles. The molecule has 3 N–H and O–H groups in total. The van der Waals surface area contributed by atoms with E-state index in [1.165, 1.54) is 12.6 Å². The first kappa shape index (κ1) is 16.2. The molecular weight excluding hydrogens is 254 g/mol. The van der Waals surface area contributed by atoms with Crippen LogP contribution in [0.15, 0.2) is 30.3 Å². The number of carbonyl (C=O) groups is 2. The quantitative estimate of drug-likeness (QED) is 0.740. The minimum Gasteiger partial charge on any atom is -0.341 e. The number of hydrogen-bond donors (Lipinski definition) is 3. The maximum atomic E-state index is 11.6. The lowest BCUT2D eigenvalue weighted by molar-refractivity contribution is -0.121. The van der Waals surface area contributed by atoms with E-state index in [2.05, 4.69) is 35.0 Å². The number of carbonyl (C=O) groups excluding carboxylic acids is 2. The van der Waals surface area contributed by atoms with Crippen molar-refractivity contribution in [2.24, 2.45) is 0 Å². The van der Waals surface area contributed by atoms with Crippen molar-refractivity contribution >= 4 is 11.9 Å². The van der Waals surface area contributed by atoms with Crippen molar-refractivity contribution in [1.82, 2.24) is 16.0 Å². The molecule has 0 fully saturated rings. The topological polar surface area (TPSA) is 70.2 Å². The predicted octanol–water partition coefficient (Wildman–Crippen LogP) is 1.61. The van der Waals surface area contributed by atoms with Gasteiger partial charge in [0.15, 0.2) is 0 Å². The fourth-order valence-electron chi connectivity index (χ4n) is 1.84. The van der Waals surface area contributed by atoms with E-state index in [-0.39, 0.29) is 5.91 Å². The molecule has 0 saturated carbocycles. The Kier molecular flexibility index (Phi) is 6.73. The zero-order valence-electron chi connectivity index (χ0n) is 12.3. The van der Waals surface area contributed by atoms with E-state index >= 15 is 0 Å². The molecule has 20 heavy (non-hydrogen) atoms. The van der Waals surface area contributed by atoms with Gasteiger partial charge >= 0.3 is 6.03 Å². The van der Waals surface area contributed by atoms with E-state index in [1.54, 1.807) is 6.92 Å². The molecular formula is C15H23N3O2. The third-order valence-corrected chi connectivity index (χ3v) is 3.25. The standard InChI is InChI=1S/C15H23N3O2/c1-11(13-7-5-4-6-8-13)9-10-17-12(2)14(19)18-15(20)16-3/h4-8,11-12,17H,9-10H2,1-3H3,(H2,16,18,19,20). The normalized spacial score (nSPS) is 13.3. The fourth-order valence-corrected chi connectivity index (χ4v) is 1.84. The van der Waals surface area contributed by atoms with Gasteiger partial charge in [0.1, 0.15) is 0 Å². The Balaban J connectivity index is 2.30. The summed E-state index contributed by atoms with van der Waals surface area (Å²) in [7, 11) is 1.47. The molecule has 1 aromatic carbocycles. The molecule has 110 valence electrons. The third-order valence-electron chi connectivity index (χ3n) is 3.25. The van der Waals surface area contributed by atoms with Crippen LogP contribution in [0, 0.1) is 0 Å². The molecule has 0 radical (unpaired) electrons. The third kappa shape index (κ3) is 5.40. The van der Waals surface area contributed by atoms with Crippen LogP contribution in [0.25, 0.3) is 0 Å². The van der Waals surface area contributed by atoms with Crippen molar-refractivity contribution in [3.05, 3.63) is 35.9 Å². The van der Waals surface area contributed by atoms with Gasteiger partial charge in [0.25, 0.3) is 0 Å². The van der Waals surface area contributed by atoms with E-state index in [0.717, 1.165) is 13.0 Å². The first-order chi connectivity index (χ1) is 9.54. The van der Waals surface area contributed by atoms with Crippen LogP contribution < -0.4 is 16.0 Å². The molecule has 1 rings (SSSR count). The highest BCUT2D eigenvalue weighted by atomic mass is 16.2. The zero-order valence-corrected chi connectivity index (χ0v) is 12.3. The average molecular weight is 277 g/mol. The number of rotatable bonds is 6. The zero-order chi connectivity index (χ0) is 15.0. The van der Waals surface area contributed by atoms with Crippen LogP contribution in [0.3, 0.4) is 0 Å². The van der Waals surface area contributed by atoms with Crippen LogP contribution in [0.5, 0.6) is 0 Å².